The van der Waals surface area contributed by atoms with Crippen LogP contribution in [0.5, 0.6) is 0 Å². The average molecular weight is 213 g/mol. The van der Waals surface area contributed by atoms with Crippen LogP contribution in [-0.2, 0) is 9.59 Å². The van der Waals surface area contributed by atoms with Crippen LogP contribution in [0.4, 0.5) is 0 Å². The van der Waals surface area contributed by atoms with E-state index < -0.39 is 0 Å². The molecule has 0 aromatic heterocycles. The number of hydrogen-bond donors (Lipinski definition) is 1. The van der Waals surface area contributed by atoms with Crippen molar-refractivity contribution in [3.8, 4) is 0 Å². The summed E-state index contributed by atoms with van der Waals surface area (Å²) in [5.41, 5.74) is 5.27. The minimum Gasteiger partial charge on any atom is -0.339 e. The van der Waals surface area contributed by atoms with Gasteiger partial charge in [-0.3, -0.25) is 9.59 Å². The predicted molar refractivity (Wildman–Crippen MR) is 57.1 cm³/mol. The standard InChI is InChI=1S/C10H19N3O2/c1-8(2)10(15)13-5-3-12(4-6-13)9(14)7-11/h8H,3-7,11H2,1-2H3. The van der Waals surface area contributed by atoms with Crippen LogP contribution in [0, 0.1) is 5.92 Å². The zero-order valence-electron chi connectivity index (χ0n) is 9.40. The molecule has 1 aliphatic rings. The lowest BCUT2D eigenvalue weighted by Crippen LogP contribution is -2.52. The molecule has 5 heteroatoms. The predicted octanol–water partition coefficient (Wildman–Crippen LogP) is -0.728. The van der Waals surface area contributed by atoms with Crippen molar-refractivity contribution in [1.29, 1.82) is 0 Å². The van der Waals surface area contributed by atoms with Crippen molar-refractivity contribution in [3.63, 3.8) is 0 Å². The quantitative estimate of drug-likeness (QED) is 0.658. The fourth-order valence-electron chi connectivity index (χ4n) is 1.67. The van der Waals surface area contributed by atoms with Gasteiger partial charge in [0, 0.05) is 32.1 Å². The maximum absolute atomic E-state index is 11.6. The van der Waals surface area contributed by atoms with Crippen LogP contribution in [0.15, 0.2) is 0 Å². The second-order valence-corrected chi connectivity index (χ2v) is 4.06. The molecule has 15 heavy (non-hydrogen) atoms. The van der Waals surface area contributed by atoms with Gasteiger partial charge in [-0.25, -0.2) is 0 Å². The van der Waals surface area contributed by atoms with Crippen molar-refractivity contribution in [2.75, 3.05) is 32.7 Å². The smallest absolute Gasteiger partial charge is 0.236 e. The minimum absolute atomic E-state index is 0.0294. The van der Waals surface area contributed by atoms with E-state index >= 15 is 0 Å². The molecule has 1 heterocycles. The molecule has 2 N–H and O–H groups in total. The Kier molecular flexibility index (Phi) is 4.08. The Labute approximate surface area is 90.2 Å². The summed E-state index contributed by atoms with van der Waals surface area (Å²) in [7, 11) is 0. The molecule has 0 radical (unpaired) electrons. The molecule has 2 amide bonds. The van der Waals surface area contributed by atoms with E-state index in [2.05, 4.69) is 0 Å². The van der Waals surface area contributed by atoms with Crippen molar-refractivity contribution < 1.29 is 9.59 Å². The molecule has 86 valence electrons. The highest BCUT2D eigenvalue weighted by Gasteiger charge is 2.24. The molecular formula is C10H19N3O2. The summed E-state index contributed by atoms with van der Waals surface area (Å²) in [5.74, 6) is 0.156. The van der Waals surface area contributed by atoms with E-state index in [1.165, 1.54) is 0 Å². The van der Waals surface area contributed by atoms with Crippen molar-refractivity contribution in [2.24, 2.45) is 11.7 Å². The van der Waals surface area contributed by atoms with E-state index in [1.54, 1.807) is 4.90 Å². The highest BCUT2D eigenvalue weighted by atomic mass is 16.2. The second-order valence-electron chi connectivity index (χ2n) is 4.06. The largest absolute Gasteiger partial charge is 0.339 e. The van der Waals surface area contributed by atoms with E-state index in [9.17, 15) is 9.59 Å². The van der Waals surface area contributed by atoms with E-state index in [0.29, 0.717) is 26.2 Å². The molecule has 0 spiro atoms. The second kappa shape index (κ2) is 5.11. The lowest BCUT2D eigenvalue weighted by Gasteiger charge is -2.35. The summed E-state index contributed by atoms with van der Waals surface area (Å²) in [4.78, 5) is 26.4. The van der Waals surface area contributed by atoms with Crippen LogP contribution in [-0.4, -0.2) is 54.3 Å². The first kappa shape index (κ1) is 12.0. The minimum atomic E-state index is -0.0355. The zero-order chi connectivity index (χ0) is 11.4. The molecule has 5 nitrogen and oxygen atoms in total. The molecule has 1 saturated heterocycles. The number of carbonyl (C=O) groups excluding carboxylic acids is 2. The Bertz CT molecular complexity index is 245. The van der Waals surface area contributed by atoms with Gasteiger partial charge >= 0.3 is 0 Å². The van der Waals surface area contributed by atoms with E-state index in [4.69, 9.17) is 5.73 Å². The van der Waals surface area contributed by atoms with Crippen molar-refractivity contribution in [1.82, 2.24) is 9.80 Å². The third kappa shape index (κ3) is 2.92. The Hall–Kier alpha value is -1.10. The van der Waals surface area contributed by atoms with Crippen molar-refractivity contribution >= 4 is 11.8 Å². The van der Waals surface area contributed by atoms with Crippen LogP contribution in [0.2, 0.25) is 0 Å². The average Bonchev–Trinajstić information content (AvgIpc) is 2.27. The van der Waals surface area contributed by atoms with Gasteiger partial charge in [-0.1, -0.05) is 13.8 Å². The van der Waals surface area contributed by atoms with Gasteiger partial charge in [0.25, 0.3) is 0 Å². The van der Waals surface area contributed by atoms with Gasteiger partial charge < -0.3 is 15.5 Å². The van der Waals surface area contributed by atoms with Crippen LogP contribution in [0.1, 0.15) is 13.8 Å². The van der Waals surface area contributed by atoms with Crippen molar-refractivity contribution in [3.05, 3.63) is 0 Å². The molecule has 0 unspecified atom stereocenters. The lowest BCUT2D eigenvalue weighted by atomic mass is 10.1. The fraction of sp³-hybridized carbons (Fsp3) is 0.800. The van der Waals surface area contributed by atoms with Gasteiger partial charge in [-0.15, -0.1) is 0 Å². The first-order valence-corrected chi connectivity index (χ1v) is 5.33. The summed E-state index contributed by atoms with van der Waals surface area (Å²) in [6.07, 6.45) is 0. The third-order valence-corrected chi connectivity index (χ3v) is 2.61. The van der Waals surface area contributed by atoms with E-state index in [0.717, 1.165) is 0 Å². The summed E-state index contributed by atoms with van der Waals surface area (Å²) < 4.78 is 0. The number of amides is 2. The van der Waals surface area contributed by atoms with Gasteiger partial charge in [0.15, 0.2) is 0 Å². The van der Waals surface area contributed by atoms with Gasteiger partial charge in [0.1, 0.15) is 0 Å². The van der Waals surface area contributed by atoms with Crippen LogP contribution < -0.4 is 5.73 Å². The Morgan fingerprint density at radius 2 is 1.60 bits per heavy atom. The van der Waals surface area contributed by atoms with Crippen molar-refractivity contribution in [2.45, 2.75) is 13.8 Å². The summed E-state index contributed by atoms with van der Waals surface area (Å²) in [6, 6.07) is 0. The summed E-state index contributed by atoms with van der Waals surface area (Å²) >= 11 is 0. The third-order valence-electron chi connectivity index (χ3n) is 2.61. The molecule has 0 saturated carbocycles. The maximum Gasteiger partial charge on any atom is 0.236 e. The molecule has 1 rings (SSSR count). The Morgan fingerprint density at radius 3 is 2.00 bits per heavy atom. The Morgan fingerprint density at radius 1 is 1.13 bits per heavy atom. The number of hydrogen-bond acceptors (Lipinski definition) is 3. The van der Waals surface area contributed by atoms with E-state index in [-0.39, 0.29) is 24.3 Å². The number of rotatable bonds is 2. The van der Waals surface area contributed by atoms with Gasteiger partial charge in [0.2, 0.25) is 11.8 Å². The zero-order valence-corrected chi connectivity index (χ0v) is 9.40. The van der Waals surface area contributed by atoms with Crippen LogP contribution in [0.3, 0.4) is 0 Å². The van der Waals surface area contributed by atoms with Gasteiger partial charge in [-0.05, 0) is 0 Å². The molecule has 0 aromatic rings. The molecule has 0 bridgehead atoms. The summed E-state index contributed by atoms with van der Waals surface area (Å²) in [5, 5.41) is 0. The molecule has 0 aliphatic carbocycles. The topological polar surface area (TPSA) is 66.6 Å². The highest BCUT2D eigenvalue weighted by molar-refractivity contribution is 5.80. The monoisotopic (exact) mass is 213 g/mol. The molecule has 1 fully saturated rings. The molecular weight excluding hydrogens is 194 g/mol. The number of nitrogens with zero attached hydrogens (tertiary/aromatic N) is 2. The van der Waals surface area contributed by atoms with E-state index in [1.807, 2.05) is 18.7 Å². The number of carbonyl (C=O) groups is 2. The normalized spacial score (nSPS) is 17.1. The first-order chi connectivity index (χ1) is 7.06. The molecule has 1 aliphatic heterocycles. The SMILES string of the molecule is CC(C)C(=O)N1CCN(C(=O)CN)CC1. The molecule has 0 aromatic carbocycles. The van der Waals surface area contributed by atoms with Crippen LogP contribution in [0.25, 0.3) is 0 Å². The summed E-state index contributed by atoms with van der Waals surface area (Å²) in [6.45, 7) is 6.30. The number of nitrogens with two attached hydrogens (primary N) is 1. The fourth-order valence-corrected chi connectivity index (χ4v) is 1.67. The maximum atomic E-state index is 11.6. The first-order valence-electron chi connectivity index (χ1n) is 5.33. The number of piperazine rings is 1. The van der Waals surface area contributed by atoms with Gasteiger partial charge in [0.05, 0.1) is 6.54 Å². The molecule has 0 atom stereocenters. The lowest BCUT2D eigenvalue weighted by molar-refractivity contribution is -0.140. The Balaban J connectivity index is 2.42. The van der Waals surface area contributed by atoms with Crippen LogP contribution >= 0.6 is 0 Å². The highest BCUT2D eigenvalue weighted by Crippen LogP contribution is 2.06. The van der Waals surface area contributed by atoms with Gasteiger partial charge in [-0.2, -0.15) is 0 Å².